The molecule has 1 aliphatic heterocycles. The normalized spacial score (nSPS) is 16.8. The monoisotopic (exact) mass is 379 g/mol. The molecule has 3 rings (SSSR count). The zero-order chi connectivity index (χ0) is 17.8. The van der Waals surface area contributed by atoms with Gasteiger partial charge in [0.1, 0.15) is 5.76 Å². The summed E-state index contributed by atoms with van der Waals surface area (Å²) in [6.45, 7) is 7.78. The molecular formula is C18H22ClN3O2S. The Morgan fingerprint density at radius 2 is 2.04 bits per heavy atom. The van der Waals surface area contributed by atoms with E-state index in [-0.39, 0.29) is 11.2 Å². The molecule has 5 nitrogen and oxygen atoms in total. The lowest BCUT2D eigenvalue weighted by Gasteiger charge is -2.35. The zero-order valence-corrected chi connectivity index (χ0v) is 16.0. The molecule has 0 spiro atoms. The fraction of sp³-hybridized carbons (Fsp3) is 0.444. The lowest BCUT2D eigenvalue weighted by atomic mass is 10.2. The molecule has 2 aromatic rings. The second-order valence-corrected chi connectivity index (χ2v) is 8.01. The summed E-state index contributed by atoms with van der Waals surface area (Å²) in [4.78, 5) is 17.9. The first kappa shape index (κ1) is 18.3. The minimum atomic E-state index is -0.148. The number of carbonyl (C=O) groups excluding carboxylic acids is 1. The highest BCUT2D eigenvalue weighted by Crippen LogP contribution is 2.30. The number of halogens is 1. The molecule has 1 aromatic heterocycles. The minimum Gasteiger partial charge on any atom is -0.361 e. The van der Waals surface area contributed by atoms with Gasteiger partial charge in [-0.15, -0.1) is 11.8 Å². The van der Waals surface area contributed by atoms with E-state index in [1.54, 1.807) is 0 Å². The Balaban J connectivity index is 1.50. The Morgan fingerprint density at radius 3 is 2.68 bits per heavy atom. The Bertz CT molecular complexity index is 729. The molecule has 0 aliphatic carbocycles. The molecule has 1 aliphatic rings. The van der Waals surface area contributed by atoms with Crippen LogP contribution < -0.4 is 0 Å². The number of rotatable bonds is 5. The highest BCUT2D eigenvalue weighted by Gasteiger charge is 2.26. The van der Waals surface area contributed by atoms with Crippen LogP contribution >= 0.6 is 23.4 Å². The highest BCUT2D eigenvalue weighted by molar-refractivity contribution is 8.00. The Morgan fingerprint density at radius 1 is 1.32 bits per heavy atom. The molecule has 0 N–H and O–H groups in total. The molecule has 1 amide bonds. The van der Waals surface area contributed by atoms with Crippen LogP contribution in [0.25, 0.3) is 0 Å². The Labute approximate surface area is 157 Å². The van der Waals surface area contributed by atoms with Gasteiger partial charge in [0, 0.05) is 43.7 Å². The summed E-state index contributed by atoms with van der Waals surface area (Å²) < 4.78 is 5.11. The smallest absolute Gasteiger partial charge is 0.235 e. The lowest BCUT2D eigenvalue weighted by Crippen LogP contribution is -2.50. The molecule has 25 heavy (non-hydrogen) atoms. The topological polar surface area (TPSA) is 49.6 Å². The number of amides is 1. The van der Waals surface area contributed by atoms with Crippen molar-refractivity contribution in [3.05, 3.63) is 46.8 Å². The molecule has 7 heteroatoms. The molecular weight excluding hydrogens is 358 g/mol. The molecule has 1 atom stereocenters. The van der Waals surface area contributed by atoms with Crippen molar-refractivity contribution in [1.82, 2.24) is 15.0 Å². The van der Waals surface area contributed by atoms with E-state index in [4.69, 9.17) is 16.1 Å². The van der Waals surface area contributed by atoms with Gasteiger partial charge in [-0.3, -0.25) is 9.69 Å². The van der Waals surface area contributed by atoms with Crippen LogP contribution in [0.1, 0.15) is 18.4 Å². The quantitative estimate of drug-likeness (QED) is 0.744. The lowest BCUT2D eigenvalue weighted by molar-refractivity contribution is -0.132. The van der Waals surface area contributed by atoms with Gasteiger partial charge in [0.25, 0.3) is 0 Å². The van der Waals surface area contributed by atoms with Gasteiger partial charge in [0.05, 0.1) is 16.0 Å². The summed E-state index contributed by atoms with van der Waals surface area (Å²) >= 11 is 7.71. The average Bonchev–Trinajstić information content (AvgIpc) is 3.02. The first-order chi connectivity index (χ1) is 12.0. The van der Waals surface area contributed by atoms with Gasteiger partial charge in [-0.05, 0) is 26.0 Å². The van der Waals surface area contributed by atoms with Gasteiger partial charge in [-0.25, -0.2) is 0 Å². The zero-order valence-electron chi connectivity index (χ0n) is 14.4. The number of aromatic nitrogens is 1. The number of thioether (sulfide) groups is 1. The van der Waals surface area contributed by atoms with E-state index in [9.17, 15) is 4.79 Å². The number of carbonyl (C=O) groups is 1. The van der Waals surface area contributed by atoms with Crippen molar-refractivity contribution in [2.75, 3.05) is 26.2 Å². The van der Waals surface area contributed by atoms with E-state index in [0.29, 0.717) is 5.02 Å². The molecule has 1 aromatic carbocycles. The van der Waals surface area contributed by atoms with Gasteiger partial charge in [0.15, 0.2) is 0 Å². The van der Waals surface area contributed by atoms with Gasteiger partial charge in [0.2, 0.25) is 5.91 Å². The fourth-order valence-corrected chi connectivity index (χ4v) is 4.12. The predicted octanol–water partition coefficient (Wildman–Crippen LogP) is 3.46. The summed E-state index contributed by atoms with van der Waals surface area (Å²) in [5.41, 5.74) is 0.944. The molecule has 1 saturated heterocycles. The van der Waals surface area contributed by atoms with Gasteiger partial charge in [-0.2, -0.15) is 0 Å². The Hall–Kier alpha value is -1.50. The molecule has 1 fully saturated rings. The van der Waals surface area contributed by atoms with E-state index in [0.717, 1.165) is 49.1 Å². The summed E-state index contributed by atoms with van der Waals surface area (Å²) in [5.74, 6) is 0.996. The second-order valence-electron chi connectivity index (χ2n) is 6.22. The first-order valence-electron chi connectivity index (χ1n) is 8.37. The number of nitrogens with zero attached hydrogens (tertiary/aromatic N) is 3. The largest absolute Gasteiger partial charge is 0.361 e. The van der Waals surface area contributed by atoms with Crippen LogP contribution in [0.15, 0.2) is 39.8 Å². The molecule has 1 unspecified atom stereocenters. The third kappa shape index (κ3) is 4.77. The van der Waals surface area contributed by atoms with Crippen molar-refractivity contribution in [3.8, 4) is 0 Å². The van der Waals surface area contributed by atoms with E-state index in [2.05, 4.69) is 10.1 Å². The molecule has 134 valence electrons. The van der Waals surface area contributed by atoms with Crippen LogP contribution in [0, 0.1) is 6.92 Å². The minimum absolute atomic E-state index is 0.148. The van der Waals surface area contributed by atoms with Crippen molar-refractivity contribution in [2.45, 2.75) is 30.5 Å². The number of aryl methyl sites for hydroxylation is 1. The van der Waals surface area contributed by atoms with Crippen molar-refractivity contribution in [2.24, 2.45) is 0 Å². The second kappa shape index (κ2) is 8.25. The summed E-state index contributed by atoms with van der Waals surface area (Å²) in [5, 5.41) is 4.58. The van der Waals surface area contributed by atoms with Crippen LogP contribution in [0.5, 0.6) is 0 Å². The van der Waals surface area contributed by atoms with Crippen molar-refractivity contribution in [3.63, 3.8) is 0 Å². The number of hydrogen-bond acceptors (Lipinski definition) is 5. The van der Waals surface area contributed by atoms with E-state index in [1.807, 2.05) is 49.1 Å². The maximum atomic E-state index is 12.7. The maximum Gasteiger partial charge on any atom is 0.235 e. The summed E-state index contributed by atoms with van der Waals surface area (Å²) in [6.07, 6.45) is 0. The van der Waals surface area contributed by atoms with Crippen LogP contribution in [-0.2, 0) is 11.3 Å². The third-order valence-corrected chi connectivity index (χ3v) is 5.84. The predicted molar refractivity (Wildman–Crippen MR) is 99.9 cm³/mol. The van der Waals surface area contributed by atoms with Crippen molar-refractivity contribution < 1.29 is 9.32 Å². The average molecular weight is 380 g/mol. The number of benzene rings is 1. The molecule has 0 bridgehead atoms. The molecule has 2 heterocycles. The van der Waals surface area contributed by atoms with E-state index >= 15 is 0 Å². The first-order valence-corrected chi connectivity index (χ1v) is 9.63. The van der Waals surface area contributed by atoms with Gasteiger partial charge in [-0.1, -0.05) is 28.9 Å². The van der Waals surface area contributed by atoms with Crippen LogP contribution in [0.3, 0.4) is 0 Å². The number of hydrogen-bond donors (Lipinski definition) is 0. The van der Waals surface area contributed by atoms with E-state index < -0.39 is 0 Å². The van der Waals surface area contributed by atoms with Crippen LogP contribution in [0.4, 0.5) is 0 Å². The van der Waals surface area contributed by atoms with Gasteiger partial charge >= 0.3 is 0 Å². The summed E-state index contributed by atoms with van der Waals surface area (Å²) in [7, 11) is 0. The SMILES string of the molecule is Cc1cc(CN2CCN(C(=O)C(C)Sc3ccccc3Cl)CC2)no1. The standard InChI is InChI=1S/C18H22ClN3O2S/c1-13-11-15(20-24-13)12-21-7-9-22(10-8-21)18(23)14(2)25-17-6-4-3-5-16(17)19/h3-6,11,14H,7-10,12H2,1-2H3. The van der Waals surface area contributed by atoms with Crippen molar-refractivity contribution >= 4 is 29.3 Å². The van der Waals surface area contributed by atoms with Crippen molar-refractivity contribution in [1.29, 1.82) is 0 Å². The Kier molecular flexibility index (Phi) is 6.04. The van der Waals surface area contributed by atoms with E-state index in [1.165, 1.54) is 11.8 Å². The third-order valence-electron chi connectivity index (χ3n) is 4.23. The highest BCUT2D eigenvalue weighted by atomic mass is 35.5. The number of piperazine rings is 1. The maximum absolute atomic E-state index is 12.7. The molecule has 0 radical (unpaired) electrons. The van der Waals surface area contributed by atoms with Gasteiger partial charge < -0.3 is 9.42 Å². The van der Waals surface area contributed by atoms with Crippen LogP contribution in [-0.4, -0.2) is 52.3 Å². The fourth-order valence-electron chi connectivity index (χ4n) is 2.89. The van der Waals surface area contributed by atoms with Crippen LogP contribution in [0.2, 0.25) is 5.02 Å². The summed E-state index contributed by atoms with van der Waals surface area (Å²) in [6, 6.07) is 9.60. The molecule has 0 saturated carbocycles.